The molecule has 2 bridgehead atoms. The fourth-order valence-corrected chi connectivity index (χ4v) is 8.68. The lowest BCUT2D eigenvalue weighted by Crippen LogP contribution is -2.44. The van der Waals surface area contributed by atoms with Gasteiger partial charge in [0.1, 0.15) is 35.8 Å². The van der Waals surface area contributed by atoms with Gasteiger partial charge in [-0.3, -0.25) is 4.90 Å². The molecule has 1 aliphatic carbocycles. The Labute approximate surface area is 260 Å². The van der Waals surface area contributed by atoms with Crippen LogP contribution in [0.5, 0.6) is 6.01 Å². The zero-order chi connectivity index (χ0) is 31.1. The highest BCUT2D eigenvalue weighted by atomic mass is 19.1. The van der Waals surface area contributed by atoms with Gasteiger partial charge < -0.3 is 9.64 Å². The molecule has 0 radical (unpaired) electrons. The van der Waals surface area contributed by atoms with E-state index in [1.807, 2.05) is 0 Å². The van der Waals surface area contributed by atoms with Crippen molar-refractivity contribution in [3.05, 3.63) is 47.3 Å². The second kappa shape index (κ2) is 10.3. The number of fused-ring (bicyclic) bond motifs is 5. The number of rotatable bonds is 5. The Balaban J connectivity index is 1.30. The molecule has 4 aromatic rings. The minimum atomic E-state index is -0.909. The molecular formula is C35H35F3N6O. The fourth-order valence-electron chi connectivity index (χ4n) is 8.68. The molecule has 7 nitrogen and oxygen atoms in total. The first-order chi connectivity index (χ1) is 21.6. The maximum absolute atomic E-state index is 16.9. The van der Waals surface area contributed by atoms with Crippen LogP contribution in [-0.2, 0) is 0 Å². The predicted molar refractivity (Wildman–Crippen MR) is 167 cm³/mol. The highest BCUT2D eigenvalue weighted by Crippen LogP contribution is 2.48. The third-order valence-corrected chi connectivity index (χ3v) is 10.6. The Morgan fingerprint density at radius 3 is 2.80 bits per heavy atom. The van der Waals surface area contributed by atoms with Crippen molar-refractivity contribution in [3.63, 3.8) is 0 Å². The maximum Gasteiger partial charge on any atom is 0.319 e. The SMILES string of the molecule is C#Cc1cccc2nc(C)nc(-c3c(F)cc4c(N5CC6CC[C@@](C)(C6)C5)nc(OC[C@@]56CCCN5C[C@H](F)C6)nc4c3F)c12. The van der Waals surface area contributed by atoms with Crippen LogP contribution in [0.1, 0.15) is 56.8 Å². The second-order valence-corrected chi connectivity index (χ2v) is 13.9. The van der Waals surface area contributed by atoms with E-state index in [9.17, 15) is 4.39 Å². The molecule has 0 N–H and O–H groups in total. The highest BCUT2D eigenvalue weighted by Gasteiger charge is 2.49. The normalized spacial score (nSPS) is 27.8. The molecule has 4 atom stereocenters. The third-order valence-electron chi connectivity index (χ3n) is 10.6. The largest absolute Gasteiger partial charge is 0.461 e. The molecule has 232 valence electrons. The number of piperidine rings is 1. The summed E-state index contributed by atoms with van der Waals surface area (Å²) < 4.78 is 54.0. The first-order valence-corrected chi connectivity index (χ1v) is 15.9. The van der Waals surface area contributed by atoms with Crippen molar-refractivity contribution >= 4 is 27.6 Å². The Morgan fingerprint density at radius 1 is 1.11 bits per heavy atom. The van der Waals surface area contributed by atoms with Gasteiger partial charge in [-0.1, -0.05) is 18.9 Å². The molecule has 4 fully saturated rings. The number of terminal acetylenes is 1. The molecule has 45 heavy (non-hydrogen) atoms. The summed E-state index contributed by atoms with van der Waals surface area (Å²) in [5, 5.41) is 0.681. The molecule has 4 aliphatic rings. The maximum atomic E-state index is 16.9. The molecule has 1 unspecified atom stereocenters. The zero-order valence-electron chi connectivity index (χ0n) is 25.5. The van der Waals surface area contributed by atoms with Gasteiger partial charge in [0.25, 0.3) is 0 Å². The molecule has 0 amide bonds. The predicted octanol–water partition coefficient (Wildman–Crippen LogP) is 6.39. The van der Waals surface area contributed by atoms with Crippen molar-refractivity contribution < 1.29 is 17.9 Å². The van der Waals surface area contributed by atoms with Crippen LogP contribution in [0, 0.1) is 42.2 Å². The molecule has 3 aliphatic heterocycles. The van der Waals surface area contributed by atoms with Gasteiger partial charge in [-0.2, -0.15) is 9.97 Å². The monoisotopic (exact) mass is 612 g/mol. The number of hydrogen-bond acceptors (Lipinski definition) is 7. The van der Waals surface area contributed by atoms with Gasteiger partial charge >= 0.3 is 6.01 Å². The van der Waals surface area contributed by atoms with E-state index >= 15 is 8.78 Å². The fraction of sp³-hybridized carbons (Fsp3) is 0.486. The van der Waals surface area contributed by atoms with Gasteiger partial charge in [0.05, 0.1) is 22.3 Å². The van der Waals surface area contributed by atoms with Crippen molar-refractivity contribution in [2.75, 3.05) is 37.7 Å². The summed E-state index contributed by atoms with van der Waals surface area (Å²) in [5.74, 6) is 2.27. The number of aryl methyl sites for hydroxylation is 1. The van der Waals surface area contributed by atoms with Gasteiger partial charge in [-0.25, -0.2) is 23.1 Å². The number of nitrogens with zero attached hydrogens (tertiary/aromatic N) is 6. The van der Waals surface area contributed by atoms with Crippen LogP contribution in [-0.4, -0.2) is 69.3 Å². The number of anilines is 1. The van der Waals surface area contributed by atoms with E-state index in [0.29, 0.717) is 47.0 Å². The quantitative estimate of drug-likeness (QED) is 0.242. The number of benzene rings is 2. The second-order valence-electron chi connectivity index (χ2n) is 13.9. The van der Waals surface area contributed by atoms with Crippen LogP contribution in [0.15, 0.2) is 24.3 Å². The lowest BCUT2D eigenvalue weighted by molar-refractivity contribution is 0.107. The third kappa shape index (κ3) is 4.61. The molecule has 2 aromatic carbocycles. The lowest BCUT2D eigenvalue weighted by atomic mass is 9.84. The summed E-state index contributed by atoms with van der Waals surface area (Å²) in [5.41, 5.74) is 0.324. The molecule has 3 saturated heterocycles. The van der Waals surface area contributed by atoms with Crippen molar-refractivity contribution in [2.24, 2.45) is 11.3 Å². The number of aromatic nitrogens is 4. The first-order valence-electron chi connectivity index (χ1n) is 15.9. The highest BCUT2D eigenvalue weighted by molar-refractivity contribution is 6.00. The minimum Gasteiger partial charge on any atom is -0.461 e. The number of alkyl halides is 1. The average molecular weight is 613 g/mol. The standard InChI is InChI=1S/C35H35F3N6O/c1-4-22-7-5-8-26-27(22)31(40-20(2)39-26)28-25(37)13-24-30(29(28)38)41-33(45-19-35-10-6-12-44(35)17-23(36)15-35)42-32(24)43-16-21-9-11-34(3,14-21)18-43/h1,5,7-8,13,21,23H,6,9-12,14-19H2,2-3H3/t21?,23-,34+,35+/m1/s1. The van der Waals surface area contributed by atoms with Crippen LogP contribution >= 0.6 is 0 Å². The summed E-state index contributed by atoms with van der Waals surface area (Å²) in [7, 11) is 0. The van der Waals surface area contributed by atoms with Gasteiger partial charge in [0.15, 0.2) is 5.82 Å². The van der Waals surface area contributed by atoms with E-state index in [1.165, 1.54) is 6.07 Å². The number of ether oxygens (including phenoxy) is 1. The Morgan fingerprint density at radius 2 is 1.98 bits per heavy atom. The molecular weight excluding hydrogens is 577 g/mol. The van der Waals surface area contributed by atoms with Gasteiger partial charge in [0, 0.05) is 42.4 Å². The Kier molecular flexibility index (Phi) is 6.51. The van der Waals surface area contributed by atoms with E-state index in [-0.39, 0.29) is 40.2 Å². The van der Waals surface area contributed by atoms with E-state index in [2.05, 4.69) is 37.6 Å². The summed E-state index contributed by atoms with van der Waals surface area (Å²) >= 11 is 0. The molecule has 2 aromatic heterocycles. The Bertz CT molecular complexity index is 1910. The molecule has 0 spiro atoms. The van der Waals surface area contributed by atoms with E-state index in [0.717, 1.165) is 51.7 Å². The zero-order valence-corrected chi connectivity index (χ0v) is 25.5. The van der Waals surface area contributed by atoms with Crippen LogP contribution in [0.25, 0.3) is 33.1 Å². The van der Waals surface area contributed by atoms with Crippen LogP contribution in [0.2, 0.25) is 0 Å². The van der Waals surface area contributed by atoms with Crippen molar-refractivity contribution in [1.29, 1.82) is 0 Å². The smallest absolute Gasteiger partial charge is 0.319 e. The summed E-state index contributed by atoms with van der Waals surface area (Å²) in [4.78, 5) is 22.6. The van der Waals surface area contributed by atoms with Gasteiger partial charge in [-0.15, -0.1) is 6.42 Å². The average Bonchev–Trinajstić information content (AvgIpc) is 3.63. The van der Waals surface area contributed by atoms with Gasteiger partial charge in [-0.05, 0) is 75.1 Å². The van der Waals surface area contributed by atoms with E-state index < -0.39 is 23.3 Å². The molecule has 10 heteroatoms. The Hall–Kier alpha value is -3.97. The van der Waals surface area contributed by atoms with Crippen molar-refractivity contribution in [3.8, 4) is 29.6 Å². The van der Waals surface area contributed by atoms with Crippen LogP contribution in [0.4, 0.5) is 19.0 Å². The van der Waals surface area contributed by atoms with E-state index in [1.54, 1.807) is 25.1 Å². The van der Waals surface area contributed by atoms with Gasteiger partial charge in [0.2, 0.25) is 0 Å². The van der Waals surface area contributed by atoms with E-state index in [4.69, 9.17) is 16.1 Å². The molecule has 5 heterocycles. The number of halogens is 3. The van der Waals surface area contributed by atoms with Crippen molar-refractivity contribution in [1.82, 2.24) is 24.8 Å². The molecule has 8 rings (SSSR count). The van der Waals surface area contributed by atoms with Crippen LogP contribution in [0.3, 0.4) is 0 Å². The first kappa shape index (κ1) is 28.5. The molecule has 1 saturated carbocycles. The van der Waals surface area contributed by atoms with Crippen molar-refractivity contribution in [2.45, 2.75) is 64.1 Å². The summed E-state index contributed by atoms with van der Waals surface area (Å²) in [6.07, 6.45) is 10.4. The lowest BCUT2D eigenvalue weighted by Gasteiger charge is -2.39. The summed E-state index contributed by atoms with van der Waals surface area (Å²) in [6, 6.07) is 6.54. The summed E-state index contributed by atoms with van der Waals surface area (Å²) in [6.45, 7) is 6.84. The topological polar surface area (TPSA) is 67.3 Å². The number of hydrogen-bond donors (Lipinski definition) is 0. The van der Waals surface area contributed by atoms with Crippen LogP contribution < -0.4 is 9.64 Å². The minimum absolute atomic E-state index is 0.00797.